The van der Waals surface area contributed by atoms with Gasteiger partial charge in [0, 0.05) is 53.5 Å². The quantitative estimate of drug-likeness (QED) is 0.637. The molecule has 0 fully saturated rings. The summed E-state index contributed by atoms with van der Waals surface area (Å²) >= 11 is 0. The van der Waals surface area contributed by atoms with E-state index < -0.39 is 0 Å². The summed E-state index contributed by atoms with van der Waals surface area (Å²) in [4.78, 5) is 0. The number of nitrogens with one attached hydrogen (secondary N) is 1. The normalized spacial score (nSPS) is 10.2. The molecule has 0 spiro atoms. The molecule has 0 bridgehead atoms. The van der Waals surface area contributed by atoms with Gasteiger partial charge in [0.25, 0.3) is 0 Å². The van der Waals surface area contributed by atoms with Crippen LogP contribution in [0.1, 0.15) is 11.1 Å². The fourth-order valence-electron chi connectivity index (χ4n) is 1.23. The van der Waals surface area contributed by atoms with Gasteiger partial charge in [0.2, 0.25) is 0 Å². The molecule has 1 N–H and O–H groups in total. The second-order valence-corrected chi connectivity index (χ2v) is 3.42. The zero-order chi connectivity index (χ0) is 11.1. The molecular weight excluding hydrogens is 279 g/mol. The summed E-state index contributed by atoms with van der Waals surface area (Å²) in [6.07, 6.45) is -0.185. The van der Waals surface area contributed by atoms with E-state index in [2.05, 4.69) is 30.4 Å². The molecule has 1 radical (unpaired) electrons. The third-order valence-electron chi connectivity index (χ3n) is 2.18. The van der Waals surface area contributed by atoms with Crippen LogP contribution in [0.3, 0.4) is 0 Å². The van der Waals surface area contributed by atoms with E-state index in [9.17, 15) is 0 Å². The maximum Gasteiger partial charge on any atom is 0.169 e. The van der Waals surface area contributed by atoms with Crippen LogP contribution in [0.5, 0.6) is 0 Å². The Morgan fingerprint density at radius 2 is 2.00 bits per heavy atom. The average molecular weight is 297 g/mol. The van der Waals surface area contributed by atoms with Crippen LogP contribution in [-0.4, -0.2) is 27.1 Å². The van der Waals surface area contributed by atoms with E-state index in [0.29, 0.717) is 6.54 Å². The monoisotopic (exact) mass is 297 g/mol. The Labute approximate surface area is 123 Å². The van der Waals surface area contributed by atoms with Gasteiger partial charge in [0.05, 0.1) is 0 Å². The van der Waals surface area contributed by atoms with Crippen molar-refractivity contribution in [3.63, 3.8) is 0 Å². The number of hydrogen-bond acceptors (Lipinski definition) is 3. The molecule has 0 unspecified atom stereocenters. The number of ether oxygens (including phenoxy) is 2. The molecule has 1 aromatic rings. The first-order valence-corrected chi connectivity index (χ1v) is 4.99. The zero-order valence-electron chi connectivity index (χ0n) is 10.1. The Morgan fingerprint density at radius 1 is 1.31 bits per heavy atom. The van der Waals surface area contributed by atoms with Gasteiger partial charge in [0.1, 0.15) is 0 Å². The van der Waals surface area contributed by atoms with Crippen molar-refractivity contribution in [1.29, 1.82) is 0 Å². The van der Waals surface area contributed by atoms with Crippen molar-refractivity contribution in [3.05, 3.63) is 35.4 Å². The molecule has 0 saturated heterocycles. The van der Waals surface area contributed by atoms with Crippen LogP contribution in [0.2, 0.25) is 0 Å². The van der Waals surface area contributed by atoms with Gasteiger partial charge in [-0.1, -0.05) is 6.92 Å². The maximum absolute atomic E-state index is 5.06. The van der Waals surface area contributed by atoms with Gasteiger partial charge in [-0.3, -0.25) is 0 Å². The molecule has 87 valence electrons. The van der Waals surface area contributed by atoms with E-state index in [4.69, 9.17) is 9.47 Å². The molecule has 1 rings (SSSR count). The third-order valence-corrected chi connectivity index (χ3v) is 2.18. The fourth-order valence-corrected chi connectivity index (χ4v) is 1.23. The summed E-state index contributed by atoms with van der Waals surface area (Å²) in [6.45, 7) is 3.51. The molecule has 16 heavy (non-hydrogen) atoms. The number of hydrogen-bond donors (Lipinski definition) is 1. The van der Waals surface area contributed by atoms with Crippen molar-refractivity contribution < 1.29 is 42.2 Å². The van der Waals surface area contributed by atoms with Crippen LogP contribution >= 0.6 is 0 Å². The minimum atomic E-state index is -0.185. The van der Waals surface area contributed by atoms with Gasteiger partial charge < -0.3 is 14.8 Å². The molecule has 4 heteroatoms. The summed E-state index contributed by atoms with van der Waals surface area (Å²) in [7, 11) is 3.27. The Morgan fingerprint density at radius 3 is 2.50 bits per heavy atom. The smallest absolute Gasteiger partial charge is 0.169 e. The van der Waals surface area contributed by atoms with Gasteiger partial charge in [0.15, 0.2) is 6.29 Å². The first-order valence-electron chi connectivity index (χ1n) is 4.99. The summed E-state index contributed by atoms with van der Waals surface area (Å²) in [6, 6.07) is 9.34. The van der Waals surface area contributed by atoms with E-state index in [-0.39, 0.29) is 39.0 Å². The zero-order valence-corrected chi connectivity index (χ0v) is 13.0. The summed E-state index contributed by atoms with van der Waals surface area (Å²) < 4.78 is 10.1. The van der Waals surface area contributed by atoms with Crippen molar-refractivity contribution in [2.45, 2.75) is 19.8 Å². The van der Waals surface area contributed by atoms with Gasteiger partial charge in [-0.2, -0.15) is 29.8 Å². The van der Waals surface area contributed by atoms with Crippen molar-refractivity contribution in [2.75, 3.05) is 20.8 Å². The van der Waals surface area contributed by atoms with Crippen molar-refractivity contribution in [3.8, 4) is 0 Å². The van der Waals surface area contributed by atoms with Crippen LogP contribution in [0.25, 0.3) is 0 Å². The maximum atomic E-state index is 5.06. The molecule has 0 aromatic heterocycles. The SMILES string of the molecule is COC(CNCc1[c-]cc(C)cc1)OC.[Y]. The van der Waals surface area contributed by atoms with Gasteiger partial charge >= 0.3 is 0 Å². The number of aryl methyl sites for hydroxylation is 1. The van der Waals surface area contributed by atoms with E-state index in [1.165, 1.54) is 5.56 Å². The van der Waals surface area contributed by atoms with E-state index in [1.807, 2.05) is 6.07 Å². The summed E-state index contributed by atoms with van der Waals surface area (Å²) in [5.74, 6) is 0. The molecule has 0 heterocycles. The largest absolute Gasteiger partial charge is 0.355 e. The first kappa shape index (κ1) is 16.2. The fraction of sp³-hybridized carbons (Fsp3) is 0.500. The first-order chi connectivity index (χ1) is 7.26. The summed E-state index contributed by atoms with van der Waals surface area (Å²) in [5.41, 5.74) is 2.37. The standard InChI is InChI=1S/C12H18NO2.Y/c1-10-4-6-11(7-5-10)8-13-9-12(14-2)15-3;/h4-6,12-13H,8-9H2,1-3H3;/q-1;. The molecule has 0 aliphatic heterocycles. The summed E-state index contributed by atoms with van der Waals surface area (Å²) in [5, 5.41) is 3.24. The van der Waals surface area contributed by atoms with Crippen LogP contribution in [0.4, 0.5) is 0 Å². The van der Waals surface area contributed by atoms with Crippen LogP contribution < -0.4 is 5.32 Å². The predicted octanol–water partition coefficient (Wildman–Crippen LogP) is 1.50. The van der Waals surface area contributed by atoms with Gasteiger partial charge in [-0.15, -0.1) is 5.56 Å². The van der Waals surface area contributed by atoms with Crippen molar-refractivity contribution in [2.24, 2.45) is 0 Å². The number of benzene rings is 1. The molecule has 0 saturated carbocycles. The van der Waals surface area contributed by atoms with Crippen LogP contribution in [0, 0.1) is 13.0 Å². The Kier molecular flexibility index (Phi) is 9.37. The predicted molar refractivity (Wildman–Crippen MR) is 59.5 cm³/mol. The molecular formula is C12H18NO2Y-. The van der Waals surface area contributed by atoms with Crippen LogP contribution in [0.15, 0.2) is 18.2 Å². The third kappa shape index (κ3) is 6.07. The number of rotatable bonds is 6. The molecule has 1 aromatic carbocycles. The topological polar surface area (TPSA) is 30.5 Å². The molecule has 0 aliphatic rings. The Balaban J connectivity index is 0.00000225. The van der Waals surface area contributed by atoms with E-state index in [0.717, 1.165) is 12.1 Å². The minimum absolute atomic E-state index is 0. The molecule has 0 atom stereocenters. The Hall–Kier alpha value is 0.204. The molecule has 0 aliphatic carbocycles. The minimum Gasteiger partial charge on any atom is -0.355 e. The van der Waals surface area contributed by atoms with E-state index >= 15 is 0 Å². The molecule has 0 amide bonds. The van der Waals surface area contributed by atoms with E-state index in [1.54, 1.807) is 14.2 Å². The van der Waals surface area contributed by atoms with Gasteiger partial charge in [-0.25, -0.2) is 0 Å². The second-order valence-electron chi connectivity index (χ2n) is 3.42. The van der Waals surface area contributed by atoms with Crippen LogP contribution in [-0.2, 0) is 48.7 Å². The Bertz CT molecular complexity index is 273. The van der Waals surface area contributed by atoms with Gasteiger partial charge in [-0.05, 0) is 6.54 Å². The van der Waals surface area contributed by atoms with Crippen molar-refractivity contribution >= 4 is 0 Å². The average Bonchev–Trinajstić information content (AvgIpc) is 2.27. The molecule has 3 nitrogen and oxygen atoms in total. The number of methoxy groups -OCH3 is 2. The second kappa shape index (κ2) is 9.26. The van der Waals surface area contributed by atoms with Crippen molar-refractivity contribution in [1.82, 2.24) is 5.32 Å².